The zero-order chi connectivity index (χ0) is 22.7. The third-order valence-corrected chi connectivity index (χ3v) is 7.23. The Kier molecular flexibility index (Phi) is 6.27. The van der Waals surface area contributed by atoms with Crippen molar-refractivity contribution in [3.8, 4) is 0 Å². The van der Waals surface area contributed by atoms with E-state index in [1.807, 2.05) is 42.5 Å². The van der Waals surface area contributed by atoms with E-state index in [0.717, 1.165) is 20.6 Å². The molecule has 9 heteroatoms. The number of hydrogen-bond acceptors (Lipinski definition) is 4. The normalized spacial score (nSPS) is 11.7. The van der Waals surface area contributed by atoms with E-state index in [4.69, 9.17) is 11.6 Å². The van der Waals surface area contributed by atoms with Gasteiger partial charge in [0.05, 0.1) is 24.2 Å². The zero-order valence-electron chi connectivity index (χ0n) is 17.3. The number of anilines is 1. The standard InChI is InChI=1S/C23H21ClN4O3S/c1-27(32(30,31)20-11-10-17-6-2-3-7-18(17)14-20)16-23(29)26-22-12-13-25-28(22)15-19-8-4-5-9-21(19)24/h2-14H,15-16H2,1H3,(H,26,29). The molecule has 0 atom stereocenters. The second-order valence-corrected chi connectivity index (χ2v) is 9.74. The van der Waals surface area contributed by atoms with Crippen LogP contribution in [0.3, 0.4) is 0 Å². The minimum atomic E-state index is -3.84. The number of nitrogens with zero attached hydrogens (tertiary/aromatic N) is 3. The van der Waals surface area contributed by atoms with Crippen molar-refractivity contribution in [2.45, 2.75) is 11.4 Å². The number of hydrogen-bond donors (Lipinski definition) is 1. The van der Waals surface area contributed by atoms with Crippen molar-refractivity contribution < 1.29 is 13.2 Å². The van der Waals surface area contributed by atoms with Gasteiger partial charge in [0.1, 0.15) is 5.82 Å². The molecular weight excluding hydrogens is 448 g/mol. The Morgan fingerprint density at radius 2 is 1.75 bits per heavy atom. The van der Waals surface area contributed by atoms with Gasteiger partial charge in [-0.3, -0.25) is 4.79 Å². The van der Waals surface area contributed by atoms with Crippen LogP contribution in [0, 0.1) is 0 Å². The fraction of sp³-hybridized carbons (Fsp3) is 0.130. The van der Waals surface area contributed by atoms with Gasteiger partial charge in [-0.15, -0.1) is 0 Å². The number of rotatable bonds is 7. The van der Waals surface area contributed by atoms with E-state index in [9.17, 15) is 13.2 Å². The van der Waals surface area contributed by atoms with E-state index in [1.165, 1.54) is 7.05 Å². The fourth-order valence-corrected chi connectivity index (χ4v) is 4.69. The van der Waals surface area contributed by atoms with Crippen LogP contribution in [0.4, 0.5) is 5.82 Å². The summed E-state index contributed by atoms with van der Waals surface area (Å²) in [4.78, 5) is 12.7. The molecule has 1 aromatic heterocycles. The molecule has 0 unspecified atom stereocenters. The predicted molar refractivity (Wildman–Crippen MR) is 125 cm³/mol. The summed E-state index contributed by atoms with van der Waals surface area (Å²) in [5.74, 6) is -0.0239. The Bertz CT molecular complexity index is 1380. The quantitative estimate of drug-likeness (QED) is 0.444. The first kappa shape index (κ1) is 22.0. The van der Waals surface area contributed by atoms with Crippen molar-refractivity contribution in [1.29, 1.82) is 0 Å². The van der Waals surface area contributed by atoms with Crippen LogP contribution in [0.5, 0.6) is 0 Å². The summed E-state index contributed by atoms with van der Waals surface area (Å²) in [6, 6.07) is 21.4. The minimum absolute atomic E-state index is 0.135. The summed E-state index contributed by atoms with van der Waals surface area (Å²) in [6.45, 7) is 0.0277. The number of halogens is 1. The van der Waals surface area contributed by atoms with E-state index < -0.39 is 15.9 Å². The van der Waals surface area contributed by atoms with Crippen molar-refractivity contribution in [2.24, 2.45) is 0 Å². The number of sulfonamides is 1. The highest BCUT2D eigenvalue weighted by Gasteiger charge is 2.23. The maximum atomic E-state index is 13.0. The summed E-state index contributed by atoms with van der Waals surface area (Å²) in [6.07, 6.45) is 1.56. The zero-order valence-corrected chi connectivity index (χ0v) is 18.8. The van der Waals surface area contributed by atoms with Crippen LogP contribution in [0.25, 0.3) is 10.8 Å². The molecule has 0 aliphatic rings. The second-order valence-electron chi connectivity index (χ2n) is 7.28. The summed E-state index contributed by atoms with van der Waals surface area (Å²) in [5, 5.41) is 9.30. The fourth-order valence-electron chi connectivity index (χ4n) is 3.33. The van der Waals surface area contributed by atoms with Gasteiger partial charge in [0.25, 0.3) is 0 Å². The summed E-state index contributed by atoms with van der Waals surface area (Å²) in [5.41, 5.74) is 0.851. The molecular formula is C23H21ClN4O3S. The van der Waals surface area contributed by atoms with Crippen LogP contribution in [0.2, 0.25) is 5.02 Å². The first-order valence-corrected chi connectivity index (χ1v) is 11.7. The number of carbonyl (C=O) groups is 1. The average molecular weight is 469 g/mol. The first-order valence-electron chi connectivity index (χ1n) is 9.85. The van der Waals surface area contributed by atoms with Crippen molar-refractivity contribution >= 4 is 44.1 Å². The van der Waals surface area contributed by atoms with Gasteiger partial charge in [-0.1, -0.05) is 60.1 Å². The Morgan fingerprint density at radius 3 is 2.53 bits per heavy atom. The van der Waals surface area contributed by atoms with E-state index in [2.05, 4.69) is 10.4 Å². The number of fused-ring (bicyclic) bond motifs is 1. The smallest absolute Gasteiger partial charge is 0.243 e. The molecule has 1 amide bonds. The molecule has 0 bridgehead atoms. The maximum Gasteiger partial charge on any atom is 0.243 e. The third kappa shape index (κ3) is 4.67. The molecule has 0 spiro atoms. The molecule has 3 aromatic carbocycles. The molecule has 4 aromatic rings. The third-order valence-electron chi connectivity index (χ3n) is 5.06. The van der Waals surface area contributed by atoms with Crippen molar-refractivity contribution in [3.63, 3.8) is 0 Å². The lowest BCUT2D eigenvalue weighted by Gasteiger charge is -2.17. The largest absolute Gasteiger partial charge is 0.310 e. The van der Waals surface area contributed by atoms with Gasteiger partial charge in [-0.05, 0) is 34.5 Å². The Balaban J connectivity index is 1.46. The molecule has 32 heavy (non-hydrogen) atoms. The van der Waals surface area contributed by atoms with Gasteiger partial charge < -0.3 is 5.32 Å². The molecule has 0 saturated heterocycles. The van der Waals surface area contributed by atoms with Crippen LogP contribution in [0.1, 0.15) is 5.56 Å². The van der Waals surface area contributed by atoms with E-state index in [1.54, 1.807) is 41.2 Å². The van der Waals surface area contributed by atoms with Gasteiger partial charge in [-0.2, -0.15) is 9.40 Å². The number of amides is 1. The first-order chi connectivity index (χ1) is 15.3. The number of likely N-dealkylation sites (N-methyl/N-ethyl adjacent to an activating group) is 1. The molecule has 0 fully saturated rings. The summed E-state index contributed by atoms with van der Waals surface area (Å²) >= 11 is 6.21. The number of nitrogens with one attached hydrogen (secondary N) is 1. The van der Waals surface area contributed by atoms with Gasteiger partial charge in [0.2, 0.25) is 15.9 Å². The van der Waals surface area contributed by atoms with Crippen LogP contribution < -0.4 is 5.32 Å². The molecule has 164 valence electrons. The van der Waals surface area contributed by atoms with Crippen LogP contribution in [-0.2, 0) is 21.4 Å². The lowest BCUT2D eigenvalue weighted by Crippen LogP contribution is -2.35. The highest BCUT2D eigenvalue weighted by molar-refractivity contribution is 7.89. The van der Waals surface area contributed by atoms with Crippen LogP contribution in [0.15, 0.2) is 83.9 Å². The molecule has 7 nitrogen and oxygen atoms in total. The molecule has 4 rings (SSSR count). The summed E-state index contributed by atoms with van der Waals surface area (Å²) < 4.78 is 28.6. The highest BCUT2D eigenvalue weighted by atomic mass is 35.5. The number of carbonyl (C=O) groups excluding carboxylic acids is 1. The van der Waals surface area contributed by atoms with E-state index in [-0.39, 0.29) is 11.4 Å². The topological polar surface area (TPSA) is 84.3 Å². The Labute approximate surface area is 191 Å². The SMILES string of the molecule is CN(CC(=O)Nc1ccnn1Cc1ccccc1Cl)S(=O)(=O)c1ccc2ccccc2c1. The van der Waals surface area contributed by atoms with Gasteiger partial charge in [0.15, 0.2) is 0 Å². The molecule has 1 heterocycles. The van der Waals surface area contributed by atoms with Crippen molar-refractivity contribution in [2.75, 3.05) is 18.9 Å². The molecule has 0 saturated carbocycles. The Morgan fingerprint density at radius 1 is 1.03 bits per heavy atom. The Hall–Kier alpha value is -3.20. The minimum Gasteiger partial charge on any atom is -0.310 e. The predicted octanol–water partition coefficient (Wildman–Crippen LogP) is 4.00. The van der Waals surface area contributed by atoms with Gasteiger partial charge in [-0.25, -0.2) is 13.1 Å². The molecule has 0 aliphatic heterocycles. The number of aromatic nitrogens is 2. The maximum absolute atomic E-state index is 13.0. The van der Waals surface area contributed by atoms with Crippen LogP contribution in [-0.4, -0.2) is 42.0 Å². The monoisotopic (exact) mass is 468 g/mol. The van der Waals surface area contributed by atoms with E-state index >= 15 is 0 Å². The van der Waals surface area contributed by atoms with E-state index in [0.29, 0.717) is 17.4 Å². The average Bonchev–Trinajstić information content (AvgIpc) is 3.21. The number of benzene rings is 3. The molecule has 0 aliphatic carbocycles. The van der Waals surface area contributed by atoms with Crippen molar-refractivity contribution in [3.05, 3.63) is 89.6 Å². The highest BCUT2D eigenvalue weighted by Crippen LogP contribution is 2.22. The molecule has 1 N–H and O–H groups in total. The van der Waals surface area contributed by atoms with Gasteiger partial charge >= 0.3 is 0 Å². The lowest BCUT2D eigenvalue weighted by molar-refractivity contribution is -0.116. The van der Waals surface area contributed by atoms with Crippen molar-refractivity contribution in [1.82, 2.24) is 14.1 Å². The van der Waals surface area contributed by atoms with Crippen LogP contribution >= 0.6 is 11.6 Å². The molecule has 0 radical (unpaired) electrons. The summed E-state index contributed by atoms with van der Waals surface area (Å²) in [7, 11) is -2.46. The van der Waals surface area contributed by atoms with Gasteiger partial charge in [0, 0.05) is 18.1 Å². The second kappa shape index (κ2) is 9.12. The lowest BCUT2D eigenvalue weighted by atomic mass is 10.1.